The Morgan fingerprint density at radius 1 is 0.970 bits per heavy atom. The first-order valence-electron chi connectivity index (χ1n) is 10.7. The standard InChI is InChI=1S/C26H23ClN4OS/c1-16-15-18(17(2)30(16)21-11-4-3-9-19(21)27)25-24(20-10-7-8-14-28-20)29-26(33)31(25)22-12-5-6-13-23(22)32/h3-15,24-25,32H,1-2H3,(H,29,33)/t24-,25-/m1/s1. The number of halogens is 1. The molecule has 2 N–H and O–H groups in total. The Balaban J connectivity index is 1.71. The van der Waals surface area contributed by atoms with E-state index in [2.05, 4.69) is 34.8 Å². The van der Waals surface area contributed by atoms with Crippen LogP contribution in [0, 0.1) is 13.8 Å². The fraction of sp³-hybridized carbons (Fsp3) is 0.154. The van der Waals surface area contributed by atoms with Gasteiger partial charge in [-0.3, -0.25) is 4.98 Å². The minimum absolute atomic E-state index is 0.174. The van der Waals surface area contributed by atoms with Gasteiger partial charge in [-0.25, -0.2) is 0 Å². The van der Waals surface area contributed by atoms with Crippen LogP contribution in [0.15, 0.2) is 79.0 Å². The highest BCUT2D eigenvalue weighted by molar-refractivity contribution is 7.80. The Morgan fingerprint density at radius 3 is 2.36 bits per heavy atom. The lowest BCUT2D eigenvalue weighted by molar-refractivity contribution is 0.472. The predicted molar refractivity (Wildman–Crippen MR) is 136 cm³/mol. The van der Waals surface area contributed by atoms with Gasteiger partial charge in [0.1, 0.15) is 5.75 Å². The van der Waals surface area contributed by atoms with Gasteiger partial charge in [0.15, 0.2) is 5.11 Å². The number of aryl methyl sites for hydroxylation is 1. The summed E-state index contributed by atoms with van der Waals surface area (Å²) in [4.78, 5) is 6.60. The lowest BCUT2D eigenvalue weighted by Crippen LogP contribution is -2.29. The van der Waals surface area contributed by atoms with Crippen molar-refractivity contribution in [2.45, 2.75) is 25.9 Å². The quantitative estimate of drug-likeness (QED) is 0.354. The van der Waals surface area contributed by atoms with Crippen molar-refractivity contribution in [3.8, 4) is 11.4 Å². The van der Waals surface area contributed by atoms with Crippen molar-refractivity contribution in [3.63, 3.8) is 0 Å². The van der Waals surface area contributed by atoms with Crippen LogP contribution in [0.3, 0.4) is 0 Å². The predicted octanol–water partition coefficient (Wildman–Crippen LogP) is 6.03. The molecule has 33 heavy (non-hydrogen) atoms. The van der Waals surface area contributed by atoms with Gasteiger partial charge in [-0.1, -0.05) is 41.9 Å². The van der Waals surface area contributed by atoms with Crippen LogP contribution in [0.1, 0.15) is 34.7 Å². The van der Waals surface area contributed by atoms with Gasteiger partial charge >= 0.3 is 0 Å². The topological polar surface area (TPSA) is 53.3 Å². The summed E-state index contributed by atoms with van der Waals surface area (Å²) in [5.74, 6) is 0.174. The molecule has 5 nitrogen and oxygen atoms in total. The van der Waals surface area contributed by atoms with Crippen LogP contribution in [0.5, 0.6) is 5.75 Å². The van der Waals surface area contributed by atoms with E-state index in [1.165, 1.54) is 0 Å². The lowest BCUT2D eigenvalue weighted by atomic mass is 9.96. The number of nitrogens with zero attached hydrogens (tertiary/aromatic N) is 3. The van der Waals surface area contributed by atoms with Crippen LogP contribution in [-0.2, 0) is 0 Å². The van der Waals surface area contributed by atoms with E-state index in [-0.39, 0.29) is 17.8 Å². The zero-order valence-electron chi connectivity index (χ0n) is 18.2. The molecule has 1 aliphatic rings. The number of aromatic hydroxyl groups is 1. The zero-order valence-corrected chi connectivity index (χ0v) is 19.8. The molecule has 0 saturated carbocycles. The molecule has 166 valence electrons. The molecule has 3 heterocycles. The first-order chi connectivity index (χ1) is 16.0. The molecule has 5 rings (SSSR count). The molecular weight excluding hydrogens is 452 g/mol. The Bertz CT molecular complexity index is 1340. The molecule has 1 fully saturated rings. The van der Waals surface area contributed by atoms with Crippen molar-refractivity contribution in [2.75, 3.05) is 4.90 Å². The fourth-order valence-electron chi connectivity index (χ4n) is 4.69. The molecular formula is C26H23ClN4OS. The first-order valence-corrected chi connectivity index (χ1v) is 11.5. The van der Waals surface area contributed by atoms with Crippen molar-refractivity contribution >= 4 is 34.6 Å². The molecule has 0 radical (unpaired) electrons. The number of pyridine rings is 1. The average Bonchev–Trinajstić information content (AvgIpc) is 3.30. The third kappa shape index (κ3) is 3.65. The zero-order chi connectivity index (χ0) is 23.1. The SMILES string of the molecule is Cc1cc([C@@H]2[C@@H](c3ccccn3)NC(=S)N2c2ccccc2O)c(C)n1-c1ccccc1Cl. The number of nitrogens with one attached hydrogen (secondary N) is 1. The molecule has 7 heteroatoms. The van der Waals surface area contributed by atoms with Crippen LogP contribution in [0.2, 0.25) is 5.02 Å². The summed E-state index contributed by atoms with van der Waals surface area (Å²) >= 11 is 12.3. The third-order valence-electron chi connectivity index (χ3n) is 6.12. The second kappa shape index (κ2) is 8.54. The van der Waals surface area contributed by atoms with E-state index in [0.717, 1.165) is 28.3 Å². The van der Waals surface area contributed by atoms with Gasteiger partial charge in [0.2, 0.25) is 0 Å². The van der Waals surface area contributed by atoms with E-state index >= 15 is 0 Å². The summed E-state index contributed by atoms with van der Waals surface area (Å²) in [6.07, 6.45) is 1.78. The maximum Gasteiger partial charge on any atom is 0.174 e. The number of para-hydroxylation sites is 3. The van der Waals surface area contributed by atoms with Crippen molar-refractivity contribution in [1.29, 1.82) is 0 Å². The Hall–Kier alpha value is -3.35. The maximum absolute atomic E-state index is 10.7. The second-order valence-corrected chi connectivity index (χ2v) is 8.89. The molecule has 0 amide bonds. The number of phenols is 1. The summed E-state index contributed by atoms with van der Waals surface area (Å²) in [5.41, 5.74) is 5.66. The Morgan fingerprint density at radius 2 is 1.67 bits per heavy atom. The van der Waals surface area contributed by atoms with Crippen molar-refractivity contribution in [3.05, 3.63) is 107 Å². The normalized spacial score (nSPS) is 17.9. The highest BCUT2D eigenvalue weighted by atomic mass is 35.5. The number of benzene rings is 2. The van der Waals surface area contributed by atoms with E-state index in [1.54, 1.807) is 18.3 Å². The largest absolute Gasteiger partial charge is 0.506 e. The molecule has 1 saturated heterocycles. The fourth-order valence-corrected chi connectivity index (χ4v) is 5.25. The average molecular weight is 475 g/mol. The smallest absolute Gasteiger partial charge is 0.174 e. The number of hydrogen-bond donors (Lipinski definition) is 2. The minimum atomic E-state index is -0.219. The van der Waals surface area contributed by atoms with Crippen molar-refractivity contribution in [1.82, 2.24) is 14.9 Å². The number of rotatable bonds is 4. The van der Waals surface area contributed by atoms with Crippen molar-refractivity contribution < 1.29 is 5.11 Å². The second-order valence-electron chi connectivity index (χ2n) is 8.10. The van der Waals surface area contributed by atoms with E-state index in [4.69, 9.17) is 23.8 Å². The first kappa shape index (κ1) is 21.5. The highest BCUT2D eigenvalue weighted by Gasteiger charge is 2.43. The molecule has 0 unspecified atom stereocenters. The Labute approximate surface area is 203 Å². The van der Waals surface area contributed by atoms with Gasteiger partial charge in [-0.15, -0.1) is 0 Å². The number of aromatic nitrogens is 2. The number of anilines is 1. The monoisotopic (exact) mass is 474 g/mol. The highest BCUT2D eigenvalue weighted by Crippen LogP contribution is 2.46. The molecule has 2 aromatic heterocycles. The van der Waals surface area contributed by atoms with E-state index in [1.807, 2.05) is 59.5 Å². The molecule has 4 aromatic rings. The molecule has 2 aromatic carbocycles. The van der Waals surface area contributed by atoms with Crippen LogP contribution in [0.4, 0.5) is 5.69 Å². The van der Waals surface area contributed by atoms with Crippen LogP contribution >= 0.6 is 23.8 Å². The van der Waals surface area contributed by atoms with E-state index in [9.17, 15) is 5.11 Å². The van der Waals surface area contributed by atoms with Gasteiger partial charge in [0.05, 0.1) is 34.2 Å². The van der Waals surface area contributed by atoms with Gasteiger partial charge < -0.3 is 19.9 Å². The van der Waals surface area contributed by atoms with Crippen LogP contribution in [-0.4, -0.2) is 19.8 Å². The van der Waals surface area contributed by atoms with Crippen molar-refractivity contribution in [2.24, 2.45) is 0 Å². The lowest BCUT2D eigenvalue weighted by Gasteiger charge is -2.28. The molecule has 1 aliphatic heterocycles. The summed E-state index contributed by atoms with van der Waals surface area (Å²) in [6.45, 7) is 4.16. The molecule has 0 bridgehead atoms. The molecule has 0 spiro atoms. The summed E-state index contributed by atoms with van der Waals surface area (Å²) < 4.78 is 2.16. The number of phenolic OH excluding ortho intramolecular Hbond substituents is 1. The minimum Gasteiger partial charge on any atom is -0.506 e. The summed E-state index contributed by atoms with van der Waals surface area (Å²) in [5, 5.41) is 15.4. The van der Waals surface area contributed by atoms with E-state index < -0.39 is 0 Å². The van der Waals surface area contributed by atoms with Gasteiger partial charge in [-0.2, -0.15) is 0 Å². The van der Waals surface area contributed by atoms with Gasteiger partial charge in [0, 0.05) is 17.6 Å². The van der Waals surface area contributed by atoms with Crippen LogP contribution in [0.25, 0.3) is 5.69 Å². The molecule has 2 atom stereocenters. The van der Waals surface area contributed by atoms with Gasteiger partial charge in [-0.05, 0) is 74.1 Å². The third-order valence-corrected chi connectivity index (χ3v) is 6.76. The van der Waals surface area contributed by atoms with Crippen LogP contribution < -0.4 is 10.2 Å². The number of thiocarbonyl (C=S) groups is 1. The molecule has 0 aliphatic carbocycles. The Kier molecular flexibility index (Phi) is 5.56. The van der Waals surface area contributed by atoms with E-state index in [0.29, 0.717) is 15.8 Å². The number of hydrogen-bond acceptors (Lipinski definition) is 3. The maximum atomic E-state index is 10.7. The summed E-state index contributed by atoms with van der Waals surface area (Å²) in [7, 11) is 0. The summed E-state index contributed by atoms with van der Waals surface area (Å²) in [6, 6.07) is 22.7. The van der Waals surface area contributed by atoms with Gasteiger partial charge in [0.25, 0.3) is 0 Å².